The summed E-state index contributed by atoms with van der Waals surface area (Å²) in [5, 5.41) is 0.239. The summed E-state index contributed by atoms with van der Waals surface area (Å²) in [5.41, 5.74) is 1.50. The molecule has 0 aromatic carbocycles. The Bertz CT molecular complexity index is 661. The highest BCUT2D eigenvalue weighted by Crippen LogP contribution is 2.31. The Morgan fingerprint density at radius 3 is 2.76 bits per heavy atom. The van der Waals surface area contributed by atoms with Crippen LogP contribution >= 0.6 is 27.5 Å². The number of carbonyl (C=O) groups excluding carboxylic acids is 1. The van der Waals surface area contributed by atoms with E-state index in [-0.39, 0.29) is 11.1 Å². The number of halogens is 2. The predicted octanol–water partition coefficient (Wildman–Crippen LogP) is 3.70. The van der Waals surface area contributed by atoms with Crippen LogP contribution in [0.2, 0.25) is 5.15 Å². The van der Waals surface area contributed by atoms with Crippen molar-refractivity contribution in [1.29, 1.82) is 0 Å². The SMILES string of the molecule is O=C(c1cc(Br)cnc1Cl)N(Cc1ccncc1)C1CC1. The molecule has 0 radical (unpaired) electrons. The number of aromatic nitrogens is 2. The minimum absolute atomic E-state index is 0.0758. The number of pyridine rings is 2. The van der Waals surface area contributed by atoms with E-state index >= 15 is 0 Å². The quantitative estimate of drug-likeness (QED) is 0.775. The Morgan fingerprint density at radius 2 is 2.10 bits per heavy atom. The van der Waals surface area contributed by atoms with Crippen LogP contribution in [0.15, 0.2) is 41.3 Å². The van der Waals surface area contributed by atoms with Crippen molar-refractivity contribution in [2.75, 3.05) is 0 Å². The molecule has 6 heteroatoms. The maximum Gasteiger partial charge on any atom is 0.257 e. The standard InChI is InChI=1S/C15H13BrClN3O/c16-11-7-13(14(17)19-8-11)15(21)20(12-1-2-12)9-10-3-5-18-6-4-10/h3-8,12H,1-2,9H2. The molecule has 2 aromatic rings. The molecule has 1 amide bonds. The van der Waals surface area contributed by atoms with Gasteiger partial charge in [-0.1, -0.05) is 11.6 Å². The Hall–Kier alpha value is -1.46. The van der Waals surface area contributed by atoms with Crippen LogP contribution < -0.4 is 0 Å². The first-order valence-electron chi connectivity index (χ1n) is 6.66. The summed E-state index contributed by atoms with van der Waals surface area (Å²) in [6.45, 7) is 0.564. The molecule has 0 saturated heterocycles. The van der Waals surface area contributed by atoms with Gasteiger partial charge in [0, 0.05) is 35.6 Å². The Labute approximate surface area is 136 Å². The van der Waals surface area contributed by atoms with Gasteiger partial charge < -0.3 is 4.90 Å². The zero-order chi connectivity index (χ0) is 14.8. The molecule has 2 aromatic heterocycles. The highest BCUT2D eigenvalue weighted by atomic mass is 79.9. The molecule has 4 nitrogen and oxygen atoms in total. The van der Waals surface area contributed by atoms with Crippen molar-refractivity contribution in [1.82, 2.24) is 14.9 Å². The van der Waals surface area contributed by atoms with Gasteiger partial charge >= 0.3 is 0 Å². The van der Waals surface area contributed by atoms with E-state index in [1.165, 1.54) is 0 Å². The Balaban J connectivity index is 1.87. The first-order chi connectivity index (χ1) is 10.1. The second-order valence-electron chi connectivity index (χ2n) is 5.01. The molecule has 0 atom stereocenters. The molecule has 108 valence electrons. The highest BCUT2D eigenvalue weighted by molar-refractivity contribution is 9.10. The van der Waals surface area contributed by atoms with E-state index in [9.17, 15) is 4.79 Å². The molecule has 1 aliphatic carbocycles. The summed E-state index contributed by atoms with van der Waals surface area (Å²) < 4.78 is 0.745. The number of rotatable bonds is 4. The molecule has 1 aliphatic rings. The lowest BCUT2D eigenvalue weighted by Crippen LogP contribution is -2.33. The first-order valence-corrected chi connectivity index (χ1v) is 7.83. The average Bonchev–Trinajstić information content (AvgIpc) is 3.32. The molecular formula is C15H13BrClN3O. The van der Waals surface area contributed by atoms with Crippen LogP contribution in [0.1, 0.15) is 28.8 Å². The van der Waals surface area contributed by atoms with Crippen LogP contribution in [-0.2, 0) is 6.54 Å². The average molecular weight is 367 g/mol. The number of hydrogen-bond acceptors (Lipinski definition) is 3. The lowest BCUT2D eigenvalue weighted by molar-refractivity contribution is 0.0729. The second kappa shape index (κ2) is 6.12. The second-order valence-corrected chi connectivity index (χ2v) is 6.29. The fraction of sp³-hybridized carbons (Fsp3) is 0.267. The maximum absolute atomic E-state index is 12.8. The third kappa shape index (κ3) is 3.41. The normalized spacial score (nSPS) is 14.0. The lowest BCUT2D eigenvalue weighted by Gasteiger charge is -2.23. The van der Waals surface area contributed by atoms with E-state index in [1.54, 1.807) is 24.7 Å². The van der Waals surface area contributed by atoms with Crippen LogP contribution in [0.5, 0.6) is 0 Å². The van der Waals surface area contributed by atoms with Crippen molar-refractivity contribution in [2.45, 2.75) is 25.4 Å². The van der Waals surface area contributed by atoms with E-state index in [4.69, 9.17) is 11.6 Å². The minimum Gasteiger partial charge on any atom is -0.331 e. The number of hydrogen-bond donors (Lipinski definition) is 0. The first kappa shape index (κ1) is 14.5. The molecule has 0 spiro atoms. The molecule has 3 rings (SSSR count). The predicted molar refractivity (Wildman–Crippen MR) is 84.1 cm³/mol. The molecule has 2 heterocycles. The van der Waals surface area contributed by atoms with E-state index < -0.39 is 0 Å². The lowest BCUT2D eigenvalue weighted by atomic mass is 10.2. The van der Waals surface area contributed by atoms with E-state index in [2.05, 4.69) is 25.9 Å². The van der Waals surface area contributed by atoms with Gasteiger partial charge in [-0.2, -0.15) is 0 Å². The van der Waals surface area contributed by atoms with Crippen LogP contribution in [0.3, 0.4) is 0 Å². The number of amides is 1. The third-order valence-corrected chi connectivity index (χ3v) is 4.12. The molecule has 1 saturated carbocycles. The molecule has 1 fully saturated rings. The largest absolute Gasteiger partial charge is 0.331 e. The van der Waals surface area contributed by atoms with E-state index in [0.29, 0.717) is 18.2 Å². The van der Waals surface area contributed by atoms with Gasteiger partial charge in [0.05, 0.1) is 5.56 Å². The van der Waals surface area contributed by atoms with Gasteiger partial charge in [-0.15, -0.1) is 0 Å². The van der Waals surface area contributed by atoms with Gasteiger partial charge in [0.15, 0.2) is 0 Å². The van der Waals surface area contributed by atoms with Crippen molar-refractivity contribution in [3.8, 4) is 0 Å². The summed E-state index contributed by atoms with van der Waals surface area (Å²) in [4.78, 5) is 22.7. The topological polar surface area (TPSA) is 46.1 Å². The van der Waals surface area contributed by atoms with Gasteiger partial charge in [0.25, 0.3) is 5.91 Å². The fourth-order valence-electron chi connectivity index (χ4n) is 2.17. The molecule has 0 unspecified atom stereocenters. The van der Waals surface area contributed by atoms with Crippen molar-refractivity contribution in [2.24, 2.45) is 0 Å². The third-order valence-electron chi connectivity index (χ3n) is 3.39. The van der Waals surface area contributed by atoms with Gasteiger partial charge in [-0.3, -0.25) is 9.78 Å². The van der Waals surface area contributed by atoms with Gasteiger partial charge in [-0.25, -0.2) is 4.98 Å². The Morgan fingerprint density at radius 1 is 1.38 bits per heavy atom. The zero-order valence-electron chi connectivity index (χ0n) is 11.2. The summed E-state index contributed by atoms with van der Waals surface area (Å²) >= 11 is 9.41. The number of carbonyl (C=O) groups is 1. The van der Waals surface area contributed by atoms with Gasteiger partial charge in [0.1, 0.15) is 5.15 Å². The van der Waals surface area contributed by atoms with E-state index in [1.807, 2.05) is 17.0 Å². The fourth-order valence-corrected chi connectivity index (χ4v) is 2.68. The van der Waals surface area contributed by atoms with Crippen molar-refractivity contribution >= 4 is 33.4 Å². The summed E-state index contributed by atoms with van der Waals surface area (Å²) in [7, 11) is 0. The van der Waals surface area contributed by atoms with Crippen LogP contribution in [-0.4, -0.2) is 26.8 Å². The molecule has 0 aliphatic heterocycles. The number of nitrogens with zero attached hydrogens (tertiary/aromatic N) is 3. The van der Waals surface area contributed by atoms with Gasteiger partial charge in [-0.05, 0) is 52.5 Å². The molecule has 21 heavy (non-hydrogen) atoms. The molecular weight excluding hydrogens is 354 g/mol. The molecule has 0 bridgehead atoms. The van der Waals surface area contributed by atoms with Crippen LogP contribution in [0.25, 0.3) is 0 Å². The van der Waals surface area contributed by atoms with E-state index in [0.717, 1.165) is 22.9 Å². The van der Waals surface area contributed by atoms with Gasteiger partial charge in [0.2, 0.25) is 0 Å². The summed E-state index contributed by atoms with van der Waals surface area (Å²) in [5.74, 6) is -0.0758. The summed E-state index contributed by atoms with van der Waals surface area (Å²) in [6, 6.07) is 5.85. The van der Waals surface area contributed by atoms with Crippen molar-refractivity contribution in [3.05, 3.63) is 57.5 Å². The smallest absolute Gasteiger partial charge is 0.257 e. The maximum atomic E-state index is 12.8. The highest BCUT2D eigenvalue weighted by Gasteiger charge is 2.34. The summed E-state index contributed by atoms with van der Waals surface area (Å²) in [6.07, 6.45) is 7.13. The molecule has 0 N–H and O–H groups in total. The van der Waals surface area contributed by atoms with Crippen molar-refractivity contribution < 1.29 is 4.79 Å². The van der Waals surface area contributed by atoms with Crippen molar-refractivity contribution in [3.63, 3.8) is 0 Å². The van der Waals surface area contributed by atoms with Crippen LogP contribution in [0, 0.1) is 0 Å². The Kier molecular flexibility index (Phi) is 4.22. The monoisotopic (exact) mass is 365 g/mol. The zero-order valence-corrected chi connectivity index (χ0v) is 13.5. The minimum atomic E-state index is -0.0758. The van der Waals surface area contributed by atoms with Crippen LogP contribution in [0.4, 0.5) is 0 Å².